The van der Waals surface area contributed by atoms with E-state index in [-0.39, 0.29) is 34.1 Å². The average Bonchev–Trinajstić information content (AvgIpc) is 2.49. The van der Waals surface area contributed by atoms with Gasteiger partial charge in [0.15, 0.2) is 0 Å². The Hall–Kier alpha value is -1.37. The molecule has 0 bridgehead atoms. The fourth-order valence-corrected chi connectivity index (χ4v) is 0.513. The van der Waals surface area contributed by atoms with Crippen LogP contribution in [0, 0.1) is 26.6 Å². The summed E-state index contributed by atoms with van der Waals surface area (Å²) in [4.78, 5) is 7.75. The molecule has 0 heterocycles. The summed E-state index contributed by atoms with van der Waals surface area (Å²) in [6.45, 7) is 21.2. The first kappa shape index (κ1) is 42.8. The van der Waals surface area contributed by atoms with Gasteiger partial charge in [0.2, 0.25) is 0 Å². The molecule has 1 aliphatic rings. The minimum Gasteiger partial charge on any atom is -0.545 e. The molecule has 0 atom stereocenters. The van der Waals surface area contributed by atoms with E-state index >= 15 is 0 Å². The molecule has 1 aliphatic carbocycles. The summed E-state index contributed by atoms with van der Waals surface area (Å²) in [6.07, 6.45) is 16.0. The maximum absolute atomic E-state index is 7.75. The van der Waals surface area contributed by atoms with Crippen LogP contribution in [-0.4, -0.2) is 6.79 Å². The van der Waals surface area contributed by atoms with Gasteiger partial charge >= 0.3 is 45.2 Å². The van der Waals surface area contributed by atoms with Crippen molar-refractivity contribution >= 4 is 6.79 Å². The molecule has 0 N–H and O–H groups in total. The van der Waals surface area contributed by atoms with E-state index in [1.54, 1.807) is 0 Å². The van der Waals surface area contributed by atoms with Crippen LogP contribution >= 0.6 is 0 Å². The zero-order valence-electron chi connectivity index (χ0n) is 9.94. The van der Waals surface area contributed by atoms with Crippen LogP contribution in [0.15, 0.2) is 48.6 Å². The summed E-state index contributed by atoms with van der Waals surface area (Å²) in [5.74, 6) is 0. The van der Waals surface area contributed by atoms with Crippen LogP contribution in [0.2, 0.25) is 0 Å². The van der Waals surface area contributed by atoms with E-state index in [0.717, 1.165) is 0 Å². The quantitative estimate of drug-likeness (QED) is 0.281. The fraction of sp³-hybridized carbons (Fsp3) is 0. The van der Waals surface area contributed by atoms with Gasteiger partial charge in [-0.15, -0.1) is 0 Å². The molecule has 0 amide bonds. The monoisotopic (exact) mass is 357 g/mol. The van der Waals surface area contributed by atoms with Gasteiger partial charge in [-0.3, -0.25) is 6.79 Å². The van der Waals surface area contributed by atoms with Crippen LogP contribution in [0.5, 0.6) is 0 Å². The molecule has 108 valence electrons. The van der Waals surface area contributed by atoms with Crippen molar-refractivity contribution in [3.05, 3.63) is 75.2 Å². The summed E-state index contributed by atoms with van der Waals surface area (Å²) < 4.78 is 30.0. The summed E-state index contributed by atoms with van der Waals surface area (Å²) >= 11 is 0. The van der Waals surface area contributed by atoms with E-state index in [4.69, 9.17) is 23.4 Å². The maximum Gasteiger partial charge on any atom is 0 e. The van der Waals surface area contributed by atoms with Crippen molar-refractivity contribution in [3.63, 3.8) is 0 Å². The first-order valence-electron chi connectivity index (χ1n) is 3.72. The second kappa shape index (κ2) is 111. The normalized spacial score (nSPS) is 13.4. The summed E-state index contributed by atoms with van der Waals surface area (Å²) in [5.41, 5.74) is 0. The molecule has 0 spiro atoms. The number of hydrogen-bond donors (Lipinski definition) is 0. The Morgan fingerprint density at radius 2 is 0.500 bits per heavy atom. The van der Waals surface area contributed by atoms with Gasteiger partial charge in [0, 0.05) is 34.1 Å². The smallest absolute Gasteiger partial charge is 0 e. The predicted octanol–water partition coefficient (Wildman–Crippen LogP) is 1.80. The zero-order chi connectivity index (χ0) is 15.7. The molecular weight excluding hydrogens is 348 g/mol. The summed E-state index contributed by atoms with van der Waals surface area (Å²) in [6, 6.07) is 0. The summed E-state index contributed by atoms with van der Waals surface area (Å²) in [7, 11) is 0. The van der Waals surface area contributed by atoms with E-state index < -0.39 is 0 Å². The van der Waals surface area contributed by atoms with Crippen molar-refractivity contribution < 1.29 is 57.5 Å². The Bertz CT molecular complexity index is 243. The van der Waals surface area contributed by atoms with Crippen LogP contribution in [0.25, 0.3) is 0 Å². The van der Waals surface area contributed by atoms with Crippen molar-refractivity contribution in [1.82, 2.24) is 0 Å². The third-order valence-corrected chi connectivity index (χ3v) is 0.889. The molecule has 0 radical (unpaired) electrons. The van der Waals surface area contributed by atoms with Crippen LogP contribution < -0.4 is 0 Å². The van der Waals surface area contributed by atoms with Crippen molar-refractivity contribution in [2.24, 2.45) is 0 Å². The molecule has 7 heteroatoms. The number of allylic oxidation sites excluding steroid dienone is 8. The zero-order valence-corrected chi connectivity index (χ0v) is 12.2. The van der Waals surface area contributed by atoms with E-state index in [2.05, 4.69) is 33.4 Å². The first-order chi connectivity index (χ1) is 9.00. The molecule has 0 unspecified atom stereocenters. The van der Waals surface area contributed by atoms with Crippen LogP contribution in [0.4, 0.5) is 0 Å². The SMILES string of the molecule is C1=C\C=C/C=C\C=C/1.[C-]#[O+].[C-]#[O+].[C-]#[O+].[C-]#[O+].[CH-]=O.[Fe].[Fe]. The molecule has 5 nitrogen and oxygen atoms in total. The fourth-order valence-electron chi connectivity index (χ4n) is 0.513. The minimum atomic E-state index is 0. The number of rotatable bonds is 0. The molecular formula is C13H9Fe2O5-. The molecule has 0 aromatic carbocycles. The number of carbonyl (C=O) groups excluding carboxylic acids is 1. The molecule has 0 aromatic rings. The van der Waals surface area contributed by atoms with Crippen molar-refractivity contribution in [2.75, 3.05) is 0 Å². The average molecular weight is 357 g/mol. The van der Waals surface area contributed by atoms with Gasteiger partial charge < -0.3 is 4.79 Å². The Labute approximate surface area is 139 Å². The topological polar surface area (TPSA) is 96.7 Å². The molecule has 0 fully saturated rings. The maximum atomic E-state index is 7.75. The van der Waals surface area contributed by atoms with Crippen molar-refractivity contribution in [2.45, 2.75) is 0 Å². The second-order valence-corrected chi connectivity index (χ2v) is 1.54. The van der Waals surface area contributed by atoms with E-state index in [1.807, 2.05) is 48.6 Å². The molecule has 0 aliphatic heterocycles. The molecule has 0 saturated carbocycles. The standard InChI is InChI=1S/C8H8.CHO.4CO.2Fe/c1-2-4-6-8-7-5-3-1;5*1-2;;/h1-8H;1H;;;;;;/q;-1;;;;;;/b2-1-,3-1?,4-2?,5-3-,6-4-,7-5?,8-6?,8-7-;;;;;;;. The molecule has 1 rings (SSSR count). The van der Waals surface area contributed by atoms with Gasteiger partial charge in [0.05, 0.1) is 0 Å². The molecule has 0 saturated heterocycles. The van der Waals surface area contributed by atoms with Crippen molar-refractivity contribution in [3.8, 4) is 0 Å². The Balaban J connectivity index is -0.0000000246. The van der Waals surface area contributed by atoms with E-state index in [1.165, 1.54) is 0 Å². The van der Waals surface area contributed by atoms with Crippen LogP contribution in [-0.2, 0) is 57.5 Å². The largest absolute Gasteiger partial charge is 0.545 e. The van der Waals surface area contributed by atoms with Crippen LogP contribution in [0.3, 0.4) is 0 Å². The predicted molar refractivity (Wildman–Crippen MR) is 59.0 cm³/mol. The third-order valence-electron chi connectivity index (χ3n) is 0.889. The first-order valence-corrected chi connectivity index (χ1v) is 3.72. The Morgan fingerprint density at radius 3 is 0.550 bits per heavy atom. The van der Waals surface area contributed by atoms with Gasteiger partial charge in [-0.1, -0.05) is 48.6 Å². The van der Waals surface area contributed by atoms with Gasteiger partial charge in [-0.25, -0.2) is 0 Å². The minimum absolute atomic E-state index is 0. The Kier molecular flexibility index (Phi) is 237. The molecule has 20 heavy (non-hydrogen) atoms. The van der Waals surface area contributed by atoms with Crippen molar-refractivity contribution in [1.29, 1.82) is 0 Å². The second-order valence-electron chi connectivity index (χ2n) is 1.54. The van der Waals surface area contributed by atoms with Gasteiger partial charge in [0.1, 0.15) is 0 Å². The van der Waals surface area contributed by atoms with E-state index in [9.17, 15) is 0 Å². The Morgan fingerprint density at radius 1 is 0.450 bits per heavy atom. The van der Waals surface area contributed by atoms with Crippen LogP contribution in [0.1, 0.15) is 0 Å². The van der Waals surface area contributed by atoms with E-state index in [0.29, 0.717) is 0 Å². The van der Waals surface area contributed by atoms with Gasteiger partial charge in [0.25, 0.3) is 0 Å². The molecule has 0 aromatic heterocycles. The third kappa shape index (κ3) is 92.4. The van der Waals surface area contributed by atoms with Gasteiger partial charge in [-0.05, 0) is 0 Å². The summed E-state index contributed by atoms with van der Waals surface area (Å²) in [5, 5.41) is 0. The van der Waals surface area contributed by atoms with Gasteiger partial charge in [-0.2, -0.15) is 0 Å². The number of hydrogen-bond acceptors (Lipinski definition) is 1.